The van der Waals surface area contributed by atoms with Gasteiger partial charge < -0.3 is 39.4 Å². The van der Waals surface area contributed by atoms with Gasteiger partial charge in [0.15, 0.2) is 0 Å². The monoisotopic (exact) mass is 772 g/mol. The van der Waals surface area contributed by atoms with Crippen LogP contribution < -0.4 is 9.64 Å². The number of carbonyl (C=O) groups excluding carboxylic acids is 2. The molecule has 2 aromatic carbocycles. The number of nitrogens with one attached hydrogen (secondary N) is 1. The van der Waals surface area contributed by atoms with E-state index in [1.54, 1.807) is 7.11 Å². The van der Waals surface area contributed by atoms with Crippen LogP contribution in [0.5, 0.6) is 5.75 Å². The van der Waals surface area contributed by atoms with E-state index in [4.69, 9.17) is 14.2 Å². The molecule has 0 radical (unpaired) electrons. The maximum atomic E-state index is 15.4. The zero-order valence-electron chi connectivity index (χ0n) is 33.0. The number of halogens is 1. The number of carbonyl (C=O) groups is 2. The zero-order chi connectivity index (χ0) is 39.7. The maximum absolute atomic E-state index is 15.4. The van der Waals surface area contributed by atoms with Gasteiger partial charge in [0.25, 0.3) is 0 Å². The minimum absolute atomic E-state index is 0.145. The Balaban J connectivity index is 1.35. The second kappa shape index (κ2) is 12.7. The number of aromatic amines is 1. The summed E-state index contributed by atoms with van der Waals surface area (Å²) in [7, 11) is 5.99. The van der Waals surface area contributed by atoms with Gasteiger partial charge in [0, 0.05) is 84.5 Å². The van der Waals surface area contributed by atoms with E-state index in [2.05, 4.69) is 20.9 Å². The second-order valence-corrected chi connectivity index (χ2v) is 17.3. The SMILES string of the molecule is CCC1=CCN2CC[C@]34c5cc([C@@]6(C(=O)OC)C[C@H]7CN(Cc8c6[nH]c6ccccc86)C[C@](O)(C(C)F)C7)c(OC)cc5N(C)[C@H]3[C@@](O)(C(=O)OC)[C@H](O)C1[C@H]24. The Morgan fingerprint density at radius 3 is 2.52 bits per heavy atom. The summed E-state index contributed by atoms with van der Waals surface area (Å²) in [6, 6.07) is 10.6. The van der Waals surface area contributed by atoms with Crippen LogP contribution in [0, 0.1) is 11.8 Å². The molecule has 11 atom stereocenters. The standard InChI is InChI=1S/C43H53FN4O8/c1-7-25-12-14-48-15-13-41-28-16-29(32(54-4)17-31(28)46(3)37(41)43(53,39(51)56-6)36(49)33(25)35(41)48)42(38(50)55-5)19-24-18-40(52,23(2)44)22-47(20-24)21-27-26-10-8-9-11-30(26)45-34(27)42/h8-12,16-17,23-24,33,35-37,45,49,52-53H,7,13-15,18-22H2,1-6H3/t23?,24-,33?,35-,36+,37+,40-,41+,42-,43+/m0/s1. The normalized spacial score (nSPS) is 37.7. The van der Waals surface area contributed by atoms with Crippen LogP contribution in [0.1, 0.15) is 61.9 Å². The van der Waals surface area contributed by atoms with Gasteiger partial charge in [0.05, 0.1) is 27.4 Å². The van der Waals surface area contributed by atoms with Crippen LogP contribution in [0.4, 0.5) is 10.1 Å². The number of benzene rings is 2. The molecule has 5 aliphatic heterocycles. The Morgan fingerprint density at radius 2 is 1.82 bits per heavy atom. The molecule has 3 unspecified atom stereocenters. The highest BCUT2D eigenvalue weighted by molar-refractivity contribution is 5.95. The van der Waals surface area contributed by atoms with E-state index in [1.807, 2.05) is 55.3 Å². The molecule has 300 valence electrons. The number of para-hydroxylation sites is 1. The van der Waals surface area contributed by atoms with Crippen molar-refractivity contribution in [3.05, 3.63) is 70.4 Å². The fraction of sp³-hybridized carbons (Fsp3) is 0.581. The summed E-state index contributed by atoms with van der Waals surface area (Å²) in [5, 5.41) is 37.8. The molecule has 3 aromatic rings. The molecule has 56 heavy (non-hydrogen) atoms. The van der Waals surface area contributed by atoms with Crippen molar-refractivity contribution in [3.8, 4) is 5.75 Å². The summed E-state index contributed by atoms with van der Waals surface area (Å²) in [5.74, 6) is -1.91. The molecule has 1 aromatic heterocycles. The van der Waals surface area contributed by atoms with Gasteiger partial charge in [0.2, 0.25) is 5.60 Å². The molecular formula is C43H53FN4O8. The fourth-order valence-electron chi connectivity index (χ4n) is 12.7. The number of aliphatic hydroxyl groups excluding tert-OH is 1. The van der Waals surface area contributed by atoms with Crippen molar-refractivity contribution in [2.45, 2.75) is 92.5 Å². The minimum atomic E-state index is -2.30. The number of aliphatic hydroxyl groups is 3. The topological polar surface area (TPSA) is 148 Å². The van der Waals surface area contributed by atoms with Gasteiger partial charge in [-0.2, -0.15) is 0 Å². The van der Waals surface area contributed by atoms with Gasteiger partial charge in [0.1, 0.15) is 29.0 Å². The van der Waals surface area contributed by atoms with Crippen molar-refractivity contribution in [3.63, 3.8) is 0 Å². The molecule has 13 heteroatoms. The summed E-state index contributed by atoms with van der Waals surface area (Å²) in [6.45, 7) is 5.81. The van der Waals surface area contributed by atoms with Crippen LogP contribution in [0.25, 0.3) is 10.9 Å². The third kappa shape index (κ3) is 4.63. The molecule has 6 heterocycles. The summed E-state index contributed by atoms with van der Waals surface area (Å²) in [4.78, 5) is 39.1. The van der Waals surface area contributed by atoms with Gasteiger partial charge in [-0.25, -0.2) is 9.18 Å². The number of piperidine rings is 1. The molecule has 0 amide bonds. The molecule has 1 saturated carbocycles. The summed E-state index contributed by atoms with van der Waals surface area (Å²) in [5.41, 5.74) is -0.912. The lowest BCUT2D eigenvalue weighted by molar-refractivity contribution is -0.201. The lowest BCUT2D eigenvalue weighted by atomic mass is 9.52. The number of nitrogens with zero attached hydrogens (tertiary/aromatic N) is 3. The molecule has 1 aliphatic carbocycles. The van der Waals surface area contributed by atoms with Gasteiger partial charge in [-0.1, -0.05) is 36.8 Å². The lowest BCUT2D eigenvalue weighted by Gasteiger charge is -2.59. The van der Waals surface area contributed by atoms with Gasteiger partial charge in [-0.15, -0.1) is 0 Å². The number of alkyl halides is 1. The molecule has 12 nitrogen and oxygen atoms in total. The van der Waals surface area contributed by atoms with Crippen molar-refractivity contribution in [2.75, 3.05) is 59.5 Å². The van der Waals surface area contributed by atoms with Crippen LogP contribution in [0.3, 0.4) is 0 Å². The molecule has 4 N–H and O–H groups in total. The predicted molar refractivity (Wildman–Crippen MR) is 206 cm³/mol. The van der Waals surface area contributed by atoms with E-state index in [0.29, 0.717) is 61.7 Å². The van der Waals surface area contributed by atoms with E-state index in [1.165, 1.54) is 21.1 Å². The lowest BCUT2D eigenvalue weighted by Crippen LogP contribution is -2.78. The molecular weight excluding hydrogens is 719 g/mol. The van der Waals surface area contributed by atoms with Gasteiger partial charge in [-0.3, -0.25) is 14.6 Å². The number of fused-ring (bicyclic) bond motifs is 6. The number of hydrogen-bond donors (Lipinski definition) is 4. The van der Waals surface area contributed by atoms with Gasteiger partial charge in [-0.05, 0) is 68.3 Å². The number of anilines is 1. The van der Waals surface area contributed by atoms with Crippen molar-refractivity contribution in [2.24, 2.45) is 11.8 Å². The second-order valence-electron chi connectivity index (χ2n) is 17.3. The first-order valence-electron chi connectivity index (χ1n) is 19.9. The van der Waals surface area contributed by atoms with E-state index < -0.39 is 58.2 Å². The summed E-state index contributed by atoms with van der Waals surface area (Å²) in [6.07, 6.45) is 0.693. The Labute approximate surface area is 326 Å². The quantitative estimate of drug-likeness (QED) is 0.216. The number of aromatic nitrogens is 1. The van der Waals surface area contributed by atoms with Crippen LogP contribution >= 0.6 is 0 Å². The number of H-pyrrole nitrogens is 1. The van der Waals surface area contributed by atoms with E-state index >= 15 is 9.18 Å². The smallest absolute Gasteiger partial charge is 0.342 e. The fourth-order valence-corrected chi connectivity index (χ4v) is 12.7. The van der Waals surface area contributed by atoms with Crippen molar-refractivity contribution in [1.82, 2.24) is 14.8 Å². The Hall–Kier alpha value is -4.01. The Kier molecular flexibility index (Phi) is 8.55. The first-order chi connectivity index (χ1) is 26.7. The summed E-state index contributed by atoms with van der Waals surface area (Å²) >= 11 is 0. The molecule has 2 bridgehead atoms. The van der Waals surface area contributed by atoms with Crippen LogP contribution in [0.15, 0.2) is 48.0 Å². The number of ether oxygens (including phenoxy) is 3. The van der Waals surface area contributed by atoms with Crippen molar-refractivity contribution >= 4 is 28.5 Å². The third-order valence-corrected chi connectivity index (χ3v) is 14.9. The van der Waals surface area contributed by atoms with E-state index in [9.17, 15) is 20.1 Å². The molecule has 1 spiro atoms. The average Bonchev–Trinajstić information content (AvgIpc) is 3.83. The maximum Gasteiger partial charge on any atom is 0.342 e. The highest BCUT2D eigenvalue weighted by Crippen LogP contribution is 2.65. The van der Waals surface area contributed by atoms with Crippen LogP contribution in [-0.2, 0) is 36.4 Å². The number of hydrogen-bond acceptors (Lipinski definition) is 11. The number of esters is 2. The predicted octanol–water partition coefficient (Wildman–Crippen LogP) is 3.33. The van der Waals surface area contributed by atoms with Crippen molar-refractivity contribution < 1.29 is 43.5 Å². The first-order valence-corrected chi connectivity index (χ1v) is 19.9. The largest absolute Gasteiger partial charge is 0.496 e. The van der Waals surface area contributed by atoms with Crippen LogP contribution in [0.2, 0.25) is 0 Å². The highest BCUT2D eigenvalue weighted by atomic mass is 19.1. The van der Waals surface area contributed by atoms with E-state index in [0.717, 1.165) is 27.6 Å². The molecule has 3 fully saturated rings. The molecule has 6 aliphatic rings. The first kappa shape index (κ1) is 37.6. The summed E-state index contributed by atoms with van der Waals surface area (Å²) < 4.78 is 32.8. The Bertz CT molecular complexity index is 2160. The average molecular weight is 773 g/mol. The number of methoxy groups -OCH3 is 3. The Morgan fingerprint density at radius 1 is 1.07 bits per heavy atom. The zero-order valence-corrected chi connectivity index (χ0v) is 33.0. The molecule has 9 rings (SSSR count). The van der Waals surface area contributed by atoms with E-state index in [-0.39, 0.29) is 31.3 Å². The van der Waals surface area contributed by atoms with Gasteiger partial charge >= 0.3 is 11.9 Å². The molecule has 2 saturated heterocycles. The number of likely N-dealkylation sites (N-methyl/N-ethyl adjacent to an activating group) is 1. The minimum Gasteiger partial charge on any atom is -0.496 e. The van der Waals surface area contributed by atoms with Crippen molar-refractivity contribution in [1.29, 1.82) is 0 Å². The highest BCUT2D eigenvalue weighted by Gasteiger charge is 2.76. The third-order valence-electron chi connectivity index (χ3n) is 14.9. The van der Waals surface area contributed by atoms with Crippen LogP contribution in [-0.4, -0.2) is 132 Å². The number of rotatable bonds is 6.